The van der Waals surface area contributed by atoms with Gasteiger partial charge in [0, 0.05) is 0 Å². The van der Waals surface area contributed by atoms with Gasteiger partial charge in [-0.2, -0.15) is 4.98 Å². The Balaban J connectivity index is 2.15. The van der Waals surface area contributed by atoms with Crippen molar-refractivity contribution in [2.75, 3.05) is 6.61 Å². The summed E-state index contributed by atoms with van der Waals surface area (Å²) in [4.78, 5) is 15.6. The summed E-state index contributed by atoms with van der Waals surface area (Å²) in [6, 6.07) is 0. The van der Waals surface area contributed by atoms with E-state index in [1.807, 2.05) is 0 Å². The molecule has 0 bridgehead atoms. The third-order valence-electron chi connectivity index (χ3n) is 3.31. The molecule has 0 amide bonds. The van der Waals surface area contributed by atoms with Crippen LogP contribution in [0.15, 0.2) is 4.52 Å². The van der Waals surface area contributed by atoms with Crippen LogP contribution in [0.2, 0.25) is 0 Å². The molecule has 2 rings (SSSR count). The molecule has 0 unspecified atom stereocenters. The first-order valence-electron chi connectivity index (χ1n) is 6.46. The molecule has 0 radical (unpaired) electrons. The van der Waals surface area contributed by atoms with E-state index >= 15 is 0 Å². The Morgan fingerprint density at radius 2 is 2.06 bits per heavy atom. The van der Waals surface area contributed by atoms with E-state index in [0.717, 1.165) is 25.7 Å². The van der Waals surface area contributed by atoms with Crippen LogP contribution in [0.4, 0.5) is 0 Å². The van der Waals surface area contributed by atoms with E-state index in [4.69, 9.17) is 15.0 Å². The summed E-state index contributed by atoms with van der Waals surface area (Å²) in [5.41, 5.74) is 5.73. The van der Waals surface area contributed by atoms with Crippen molar-refractivity contribution in [3.8, 4) is 0 Å². The molecule has 18 heavy (non-hydrogen) atoms. The van der Waals surface area contributed by atoms with Crippen LogP contribution in [0.5, 0.6) is 0 Å². The average molecular weight is 253 g/mol. The van der Waals surface area contributed by atoms with E-state index in [1.54, 1.807) is 6.92 Å². The van der Waals surface area contributed by atoms with Gasteiger partial charge < -0.3 is 15.0 Å². The maximum atomic E-state index is 11.5. The minimum Gasteiger partial charge on any atom is -0.460 e. The summed E-state index contributed by atoms with van der Waals surface area (Å²) in [6.07, 6.45) is 6.09. The SMILES string of the molecule is CCOC(=O)c1noc(C2(N)CCCCCC2)n1. The average Bonchev–Trinajstić information content (AvgIpc) is 2.75. The molecule has 0 aliphatic heterocycles. The van der Waals surface area contributed by atoms with Gasteiger partial charge in [-0.05, 0) is 24.9 Å². The number of ether oxygens (including phenoxy) is 1. The Morgan fingerprint density at radius 1 is 1.39 bits per heavy atom. The number of carbonyl (C=O) groups excluding carboxylic acids is 1. The smallest absolute Gasteiger partial charge is 0.379 e. The molecule has 100 valence electrons. The lowest BCUT2D eigenvalue weighted by Gasteiger charge is -2.22. The van der Waals surface area contributed by atoms with E-state index in [2.05, 4.69) is 10.1 Å². The number of hydrogen-bond acceptors (Lipinski definition) is 6. The summed E-state index contributed by atoms with van der Waals surface area (Å²) in [5, 5.41) is 3.65. The minimum absolute atomic E-state index is 0.0408. The van der Waals surface area contributed by atoms with Gasteiger partial charge in [0.1, 0.15) is 0 Å². The summed E-state index contributed by atoms with van der Waals surface area (Å²) >= 11 is 0. The third-order valence-corrected chi connectivity index (χ3v) is 3.31. The maximum Gasteiger partial charge on any atom is 0.379 e. The first-order chi connectivity index (χ1) is 8.65. The van der Waals surface area contributed by atoms with E-state index in [0.29, 0.717) is 5.89 Å². The summed E-state index contributed by atoms with van der Waals surface area (Å²) in [7, 11) is 0. The Labute approximate surface area is 106 Å². The number of carbonyl (C=O) groups is 1. The molecule has 1 aliphatic rings. The number of nitrogens with two attached hydrogens (primary N) is 1. The first-order valence-corrected chi connectivity index (χ1v) is 6.46. The van der Waals surface area contributed by atoms with Crippen LogP contribution < -0.4 is 5.73 Å². The molecule has 0 atom stereocenters. The van der Waals surface area contributed by atoms with Gasteiger partial charge in [0.25, 0.3) is 5.82 Å². The molecular weight excluding hydrogens is 234 g/mol. The summed E-state index contributed by atoms with van der Waals surface area (Å²) < 4.78 is 9.96. The molecule has 1 fully saturated rings. The van der Waals surface area contributed by atoms with Gasteiger partial charge in [-0.25, -0.2) is 4.79 Å². The zero-order valence-electron chi connectivity index (χ0n) is 10.6. The highest BCUT2D eigenvalue weighted by Gasteiger charge is 2.35. The molecule has 6 nitrogen and oxygen atoms in total. The van der Waals surface area contributed by atoms with Gasteiger partial charge in [-0.3, -0.25) is 0 Å². The fraction of sp³-hybridized carbons (Fsp3) is 0.750. The Kier molecular flexibility index (Phi) is 3.96. The van der Waals surface area contributed by atoms with Crippen molar-refractivity contribution < 1.29 is 14.1 Å². The van der Waals surface area contributed by atoms with Gasteiger partial charge in [-0.1, -0.05) is 25.7 Å². The van der Waals surface area contributed by atoms with Crippen LogP contribution in [0, 0.1) is 0 Å². The van der Waals surface area contributed by atoms with Crippen molar-refractivity contribution in [1.82, 2.24) is 10.1 Å². The highest BCUT2D eigenvalue weighted by atomic mass is 16.5. The fourth-order valence-corrected chi connectivity index (χ4v) is 2.28. The van der Waals surface area contributed by atoms with Crippen LogP contribution in [0.1, 0.15) is 62.0 Å². The van der Waals surface area contributed by atoms with E-state index in [9.17, 15) is 4.79 Å². The lowest BCUT2D eigenvalue weighted by atomic mass is 9.91. The predicted octanol–water partition coefficient (Wildman–Crippen LogP) is 1.75. The molecule has 1 saturated carbocycles. The molecule has 6 heteroatoms. The van der Waals surface area contributed by atoms with Crippen molar-refractivity contribution in [3.63, 3.8) is 0 Å². The molecule has 2 N–H and O–H groups in total. The first kappa shape index (κ1) is 13.0. The van der Waals surface area contributed by atoms with Gasteiger partial charge in [0.2, 0.25) is 5.89 Å². The van der Waals surface area contributed by atoms with Crippen molar-refractivity contribution in [1.29, 1.82) is 0 Å². The van der Waals surface area contributed by atoms with Gasteiger partial charge in [0.05, 0.1) is 12.1 Å². The van der Waals surface area contributed by atoms with Crippen LogP contribution in [-0.2, 0) is 10.3 Å². The Bertz CT molecular complexity index is 408. The lowest BCUT2D eigenvalue weighted by molar-refractivity contribution is 0.0508. The topological polar surface area (TPSA) is 91.2 Å². The second-order valence-electron chi connectivity index (χ2n) is 4.71. The summed E-state index contributed by atoms with van der Waals surface area (Å²) in [5.74, 6) is -0.252. The minimum atomic E-state index is -0.589. The number of aromatic nitrogens is 2. The van der Waals surface area contributed by atoms with E-state index in [-0.39, 0.29) is 12.4 Å². The van der Waals surface area contributed by atoms with Gasteiger partial charge in [-0.15, -0.1) is 0 Å². The van der Waals surface area contributed by atoms with E-state index in [1.165, 1.54) is 12.8 Å². The molecule has 1 aromatic rings. The monoisotopic (exact) mass is 253 g/mol. The molecule has 0 aromatic carbocycles. The highest BCUT2D eigenvalue weighted by Crippen LogP contribution is 2.32. The summed E-state index contributed by atoms with van der Waals surface area (Å²) in [6.45, 7) is 2.02. The Morgan fingerprint density at radius 3 is 2.67 bits per heavy atom. The van der Waals surface area contributed by atoms with Crippen molar-refractivity contribution in [3.05, 3.63) is 11.7 Å². The van der Waals surface area contributed by atoms with Crippen molar-refractivity contribution in [2.45, 2.75) is 51.0 Å². The molecule has 1 heterocycles. The van der Waals surface area contributed by atoms with E-state index < -0.39 is 11.5 Å². The van der Waals surface area contributed by atoms with Gasteiger partial charge in [0.15, 0.2) is 0 Å². The van der Waals surface area contributed by atoms with Crippen LogP contribution >= 0.6 is 0 Å². The number of rotatable bonds is 3. The second kappa shape index (κ2) is 5.48. The molecule has 0 spiro atoms. The quantitative estimate of drug-likeness (QED) is 0.651. The zero-order chi connectivity index (χ0) is 13.0. The number of esters is 1. The van der Waals surface area contributed by atoms with Crippen molar-refractivity contribution >= 4 is 5.97 Å². The lowest BCUT2D eigenvalue weighted by Crippen LogP contribution is -2.36. The molecule has 0 saturated heterocycles. The van der Waals surface area contributed by atoms with Crippen LogP contribution in [0.3, 0.4) is 0 Å². The fourth-order valence-electron chi connectivity index (χ4n) is 2.28. The number of hydrogen-bond donors (Lipinski definition) is 1. The van der Waals surface area contributed by atoms with Crippen molar-refractivity contribution in [2.24, 2.45) is 5.73 Å². The normalized spacial score (nSPS) is 19.2. The largest absolute Gasteiger partial charge is 0.460 e. The highest BCUT2D eigenvalue weighted by molar-refractivity contribution is 5.84. The van der Waals surface area contributed by atoms with Crippen LogP contribution in [0.25, 0.3) is 0 Å². The second-order valence-corrected chi connectivity index (χ2v) is 4.71. The maximum absolute atomic E-state index is 11.5. The molecular formula is C12H19N3O3. The van der Waals surface area contributed by atoms with Crippen LogP contribution in [-0.4, -0.2) is 22.7 Å². The standard InChI is InChI=1S/C12H19N3O3/c1-2-17-10(16)9-14-11(18-15-9)12(13)7-5-3-4-6-8-12/h2-8,13H2,1H3. The zero-order valence-corrected chi connectivity index (χ0v) is 10.6. The Hall–Kier alpha value is -1.43. The predicted molar refractivity (Wildman–Crippen MR) is 63.8 cm³/mol. The number of nitrogens with zero attached hydrogens (tertiary/aromatic N) is 2. The molecule has 1 aliphatic carbocycles. The molecule has 1 aromatic heterocycles. The third kappa shape index (κ3) is 2.69. The van der Waals surface area contributed by atoms with Gasteiger partial charge >= 0.3 is 5.97 Å².